The van der Waals surface area contributed by atoms with Crippen LogP contribution in [0.1, 0.15) is 68.8 Å². The zero-order valence-corrected chi connectivity index (χ0v) is 23.3. The number of aliphatic imine (C=N–C) groups is 1. The lowest BCUT2D eigenvalue weighted by Crippen LogP contribution is -2.48. The normalized spacial score (nSPS) is 17.8. The summed E-state index contributed by atoms with van der Waals surface area (Å²) in [4.78, 5) is 45.7. The molecule has 2 aromatic rings. The maximum absolute atomic E-state index is 13.6. The van der Waals surface area contributed by atoms with Gasteiger partial charge in [0.25, 0.3) is 11.8 Å². The molecule has 1 aliphatic heterocycles. The van der Waals surface area contributed by atoms with Crippen LogP contribution in [0.15, 0.2) is 53.5 Å². The number of nitrogens with one attached hydrogen (secondary N) is 3. The van der Waals surface area contributed by atoms with Crippen molar-refractivity contribution in [1.29, 1.82) is 0 Å². The number of carbonyl (C=O) groups is 3. The average Bonchev–Trinajstić information content (AvgIpc) is 3.40. The van der Waals surface area contributed by atoms with Crippen LogP contribution in [-0.2, 0) is 14.8 Å². The van der Waals surface area contributed by atoms with E-state index in [1.807, 2.05) is 35.9 Å². The zero-order valence-electron chi connectivity index (χ0n) is 22.4. The van der Waals surface area contributed by atoms with Crippen molar-refractivity contribution in [1.82, 2.24) is 10.0 Å². The molecule has 0 bridgehead atoms. The maximum atomic E-state index is 13.6. The van der Waals surface area contributed by atoms with E-state index in [-0.39, 0.29) is 23.1 Å². The van der Waals surface area contributed by atoms with Gasteiger partial charge >= 0.3 is 6.03 Å². The fraction of sp³-hybridized carbons (Fsp3) is 0.429. The number of sulfonamides is 1. The summed E-state index contributed by atoms with van der Waals surface area (Å²) in [6, 6.07) is 13.0. The molecule has 0 aromatic heterocycles. The predicted octanol–water partition coefficient (Wildman–Crippen LogP) is 4.04. The van der Waals surface area contributed by atoms with Crippen molar-refractivity contribution in [2.75, 3.05) is 16.8 Å². The number of amides is 4. The van der Waals surface area contributed by atoms with E-state index in [4.69, 9.17) is 4.99 Å². The van der Waals surface area contributed by atoms with E-state index in [0.717, 1.165) is 49.1 Å². The van der Waals surface area contributed by atoms with Crippen molar-refractivity contribution in [3.63, 3.8) is 0 Å². The molecule has 1 atom stereocenters. The minimum absolute atomic E-state index is 0.0636. The largest absolute Gasteiger partial charge is 0.321 e. The molecule has 0 saturated heterocycles. The highest BCUT2D eigenvalue weighted by Gasteiger charge is 2.35. The molecule has 0 unspecified atom stereocenters. The Bertz CT molecular complexity index is 1380. The van der Waals surface area contributed by atoms with Gasteiger partial charge in [-0.1, -0.05) is 44.0 Å². The number of benzodiazepines with no additional fused rings is 1. The molecule has 1 fully saturated rings. The van der Waals surface area contributed by atoms with Crippen molar-refractivity contribution in [2.45, 2.75) is 64.3 Å². The third-order valence-electron chi connectivity index (χ3n) is 6.93. The number of fused-ring (bicyclic) bond motifs is 1. The Labute approximate surface area is 229 Å². The highest BCUT2D eigenvalue weighted by molar-refractivity contribution is 7.90. The first-order valence-corrected chi connectivity index (χ1v) is 14.9. The second kappa shape index (κ2) is 12.0. The molecule has 1 saturated carbocycles. The second-order valence-electron chi connectivity index (χ2n) is 10.1. The summed E-state index contributed by atoms with van der Waals surface area (Å²) in [5, 5.41) is 4.58. The van der Waals surface area contributed by atoms with Gasteiger partial charge in [-0.05, 0) is 57.4 Å². The molecule has 2 aromatic carbocycles. The standard InChI is InChI=1S/C28H35N5O5S/c1-4-16-33-23-15-8-7-14-22(23)24(19-10-5-6-11-19)30-25(27(33)35)31-28(36)29-21-13-9-12-20(17-21)26(34)32-39(37,38)18(2)3/h7-9,12-15,17-19,25H,4-6,10-11,16H2,1-3H3,(H,32,34)(H2,29,31,36)/t25-/m0/s1. The lowest BCUT2D eigenvalue weighted by molar-refractivity contribution is -0.120. The summed E-state index contributed by atoms with van der Waals surface area (Å²) >= 11 is 0. The van der Waals surface area contributed by atoms with Gasteiger partial charge in [-0.15, -0.1) is 0 Å². The van der Waals surface area contributed by atoms with E-state index in [9.17, 15) is 22.8 Å². The van der Waals surface area contributed by atoms with Crippen LogP contribution in [0.2, 0.25) is 0 Å². The Morgan fingerprint density at radius 3 is 2.49 bits per heavy atom. The minimum atomic E-state index is -3.81. The van der Waals surface area contributed by atoms with Gasteiger partial charge < -0.3 is 15.5 Å². The summed E-state index contributed by atoms with van der Waals surface area (Å²) in [5.74, 6) is -0.907. The number of hydrogen-bond acceptors (Lipinski definition) is 6. The summed E-state index contributed by atoms with van der Waals surface area (Å²) in [5.41, 5.74) is 2.89. The molecule has 10 nitrogen and oxygen atoms in total. The number of para-hydroxylation sites is 1. The summed E-state index contributed by atoms with van der Waals surface area (Å²) in [6.07, 6.45) is 3.77. The van der Waals surface area contributed by atoms with Crippen molar-refractivity contribution in [3.8, 4) is 0 Å². The van der Waals surface area contributed by atoms with E-state index in [2.05, 4.69) is 10.6 Å². The number of urea groups is 1. The topological polar surface area (TPSA) is 137 Å². The number of rotatable bonds is 8. The molecule has 4 amide bonds. The van der Waals surface area contributed by atoms with Gasteiger partial charge in [0.15, 0.2) is 0 Å². The van der Waals surface area contributed by atoms with E-state index in [1.54, 1.807) is 11.0 Å². The van der Waals surface area contributed by atoms with E-state index >= 15 is 0 Å². The van der Waals surface area contributed by atoms with Gasteiger partial charge in [-0.25, -0.2) is 17.9 Å². The number of hydrogen-bond donors (Lipinski definition) is 3. The first kappa shape index (κ1) is 28.3. The number of carbonyl (C=O) groups excluding carboxylic acids is 3. The Balaban J connectivity index is 1.56. The molecule has 39 heavy (non-hydrogen) atoms. The fourth-order valence-corrected chi connectivity index (χ4v) is 5.48. The van der Waals surface area contributed by atoms with Gasteiger partial charge in [0.2, 0.25) is 16.2 Å². The van der Waals surface area contributed by atoms with Gasteiger partial charge in [-0.3, -0.25) is 14.6 Å². The molecule has 11 heteroatoms. The van der Waals surface area contributed by atoms with Crippen LogP contribution in [-0.4, -0.2) is 49.9 Å². The Hall–Kier alpha value is -3.73. The zero-order chi connectivity index (χ0) is 28.2. The Morgan fingerprint density at radius 1 is 1.08 bits per heavy atom. The third kappa shape index (κ3) is 6.47. The third-order valence-corrected chi connectivity index (χ3v) is 8.65. The molecular formula is C28H35N5O5S. The van der Waals surface area contributed by atoms with Crippen LogP contribution in [0.5, 0.6) is 0 Å². The van der Waals surface area contributed by atoms with Crippen LogP contribution < -0.4 is 20.3 Å². The number of benzene rings is 2. The molecule has 3 N–H and O–H groups in total. The predicted molar refractivity (Wildman–Crippen MR) is 151 cm³/mol. The second-order valence-corrected chi connectivity index (χ2v) is 12.3. The lowest BCUT2D eigenvalue weighted by Gasteiger charge is -2.25. The highest BCUT2D eigenvalue weighted by Crippen LogP contribution is 2.34. The van der Waals surface area contributed by atoms with Gasteiger partial charge in [0, 0.05) is 29.3 Å². The van der Waals surface area contributed by atoms with Gasteiger partial charge in [0.05, 0.1) is 16.6 Å². The monoisotopic (exact) mass is 553 g/mol. The first-order valence-electron chi connectivity index (χ1n) is 13.3. The van der Waals surface area contributed by atoms with Crippen molar-refractivity contribution in [3.05, 3.63) is 59.7 Å². The molecule has 1 aliphatic carbocycles. The summed E-state index contributed by atoms with van der Waals surface area (Å²) in [7, 11) is -3.81. The molecular weight excluding hydrogens is 518 g/mol. The highest BCUT2D eigenvalue weighted by atomic mass is 32.2. The van der Waals surface area contributed by atoms with Crippen LogP contribution in [0.25, 0.3) is 0 Å². The first-order chi connectivity index (χ1) is 18.6. The Kier molecular flexibility index (Phi) is 8.69. The molecule has 0 spiro atoms. The minimum Gasteiger partial charge on any atom is -0.308 e. The van der Waals surface area contributed by atoms with Crippen LogP contribution in [0.4, 0.5) is 16.2 Å². The smallest absolute Gasteiger partial charge is 0.308 e. The quantitative estimate of drug-likeness (QED) is 0.453. The van der Waals surface area contributed by atoms with Crippen LogP contribution in [0.3, 0.4) is 0 Å². The number of anilines is 2. The van der Waals surface area contributed by atoms with Crippen molar-refractivity contribution < 1.29 is 22.8 Å². The van der Waals surface area contributed by atoms with Gasteiger partial charge in [0.1, 0.15) is 0 Å². The summed E-state index contributed by atoms with van der Waals surface area (Å²) in [6.45, 7) is 5.41. The number of nitrogens with zero attached hydrogens (tertiary/aromatic N) is 2. The maximum Gasteiger partial charge on any atom is 0.321 e. The molecule has 2 aliphatic rings. The van der Waals surface area contributed by atoms with Crippen LogP contribution in [0, 0.1) is 5.92 Å². The molecule has 0 radical (unpaired) electrons. The Morgan fingerprint density at radius 2 is 1.79 bits per heavy atom. The molecule has 208 valence electrons. The fourth-order valence-electron chi connectivity index (χ4n) is 4.86. The molecule has 1 heterocycles. The van der Waals surface area contributed by atoms with E-state index in [1.165, 1.54) is 32.0 Å². The average molecular weight is 554 g/mol. The molecule has 4 rings (SSSR count). The van der Waals surface area contributed by atoms with E-state index < -0.39 is 33.4 Å². The lowest BCUT2D eigenvalue weighted by atomic mass is 9.94. The SMILES string of the molecule is CCCN1C(=O)[C@H](NC(=O)Nc2cccc(C(=O)NS(=O)(=O)C(C)C)c2)N=C(C2CCCC2)c2ccccc21. The van der Waals surface area contributed by atoms with Crippen molar-refractivity contribution >= 4 is 45.0 Å². The van der Waals surface area contributed by atoms with E-state index in [0.29, 0.717) is 6.54 Å². The van der Waals surface area contributed by atoms with Crippen LogP contribution >= 0.6 is 0 Å². The van der Waals surface area contributed by atoms with Gasteiger partial charge in [-0.2, -0.15) is 0 Å². The van der Waals surface area contributed by atoms with Crippen molar-refractivity contribution in [2.24, 2.45) is 10.9 Å². The summed E-state index contributed by atoms with van der Waals surface area (Å²) < 4.78 is 26.2.